The number of hydrogen-bond donors (Lipinski definition) is 1. The second-order valence-electron chi connectivity index (χ2n) is 6.11. The van der Waals surface area contributed by atoms with E-state index in [0.717, 1.165) is 44.1 Å². The number of aromatic nitrogens is 1. The van der Waals surface area contributed by atoms with Gasteiger partial charge < -0.3 is 14.6 Å². The number of carbonyl (C=O) groups excluding carboxylic acids is 1. The molecule has 1 N–H and O–H groups in total. The fraction of sp³-hybridized carbons (Fsp3) is 0.368. The van der Waals surface area contributed by atoms with Gasteiger partial charge in [0, 0.05) is 38.1 Å². The van der Waals surface area contributed by atoms with Crippen molar-refractivity contribution in [1.82, 2.24) is 14.8 Å². The van der Waals surface area contributed by atoms with Crippen molar-refractivity contribution in [3.8, 4) is 11.8 Å². The number of nitrogens with zero attached hydrogens (tertiary/aromatic N) is 3. The van der Waals surface area contributed by atoms with E-state index in [2.05, 4.69) is 16.3 Å². The maximum atomic E-state index is 12.7. The number of carbonyl (C=O) groups is 1. The number of benzene rings is 1. The van der Waals surface area contributed by atoms with Gasteiger partial charge in [-0.3, -0.25) is 9.69 Å². The molecule has 1 saturated heterocycles. The third-order valence-electron chi connectivity index (χ3n) is 4.32. The van der Waals surface area contributed by atoms with Crippen molar-refractivity contribution >= 4 is 5.91 Å². The van der Waals surface area contributed by atoms with Gasteiger partial charge in [0.05, 0.1) is 18.8 Å². The number of aryl methyl sites for hydroxylation is 1. The third kappa shape index (κ3) is 4.08. The molecule has 0 bridgehead atoms. The van der Waals surface area contributed by atoms with Crippen molar-refractivity contribution in [2.24, 2.45) is 0 Å². The van der Waals surface area contributed by atoms with E-state index in [4.69, 9.17) is 4.74 Å². The molecule has 25 heavy (non-hydrogen) atoms. The number of ether oxygens (including phenoxy) is 1. The summed E-state index contributed by atoms with van der Waals surface area (Å²) in [5.74, 6) is -0.226. The molecule has 0 atom stereocenters. The Morgan fingerprint density at radius 2 is 2.12 bits per heavy atom. The predicted octanol–water partition coefficient (Wildman–Crippen LogP) is 1.72. The van der Waals surface area contributed by atoms with E-state index in [-0.39, 0.29) is 5.91 Å². The van der Waals surface area contributed by atoms with Crippen LogP contribution in [0.25, 0.3) is 5.69 Å². The number of nitrogens with one attached hydrogen (secondary N) is 1. The normalized spacial score (nSPS) is 14.9. The van der Waals surface area contributed by atoms with Crippen LogP contribution >= 0.6 is 0 Å². The van der Waals surface area contributed by atoms with Crippen molar-refractivity contribution in [3.63, 3.8) is 0 Å². The summed E-state index contributed by atoms with van der Waals surface area (Å²) >= 11 is 0. The number of morpholine rings is 1. The van der Waals surface area contributed by atoms with Gasteiger partial charge in [-0.25, -0.2) is 0 Å². The molecule has 2 aromatic rings. The Balaban J connectivity index is 1.73. The molecule has 0 saturated carbocycles. The molecule has 6 heteroatoms. The first kappa shape index (κ1) is 17.2. The fourth-order valence-electron chi connectivity index (χ4n) is 2.98. The van der Waals surface area contributed by atoms with Crippen LogP contribution in [0.2, 0.25) is 0 Å². The minimum Gasteiger partial charge on any atom is -0.379 e. The highest BCUT2D eigenvalue weighted by Gasteiger charge is 2.18. The summed E-state index contributed by atoms with van der Waals surface area (Å²) < 4.78 is 7.10. The highest BCUT2D eigenvalue weighted by molar-refractivity contribution is 5.95. The van der Waals surface area contributed by atoms with Crippen LogP contribution in [-0.4, -0.2) is 54.8 Å². The first-order valence-corrected chi connectivity index (χ1v) is 8.46. The van der Waals surface area contributed by atoms with E-state index in [0.29, 0.717) is 17.8 Å². The first-order chi connectivity index (χ1) is 12.2. The zero-order chi connectivity index (χ0) is 17.6. The molecule has 0 radical (unpaired) electrons. The van der Waals surface area contributed by atoms with Gasteiger partial charge >= 0.3 is 0 Å². The standard InChI is InChI=1S/C19H22N4O2/c1-15-3-2-4-17(13-15)23-7-5-16(14-20)18(23)19(24)21-6-8-22-9-11-25-12-10-22/h2-5,7,13H,6,8-12H2,1H3,(H,21,24). The molecule has 1 amide bonds. The van der Waals surface area contributed by atoms with E-state index in [9.17, 15) is 10.1 Å². The van der Waals surface area contributed by atoms with Crippen molar-refractivity contribution < 1.29 is 9.53 Å². The molecule has 1 aliphatic rings. The van der Waals surface area contributed by atoms with Crippen molar-refractivity contribution in [2.45, 2.75) is 6.92 Å². The molecule has 1 fully saturated rings. The summed E-state index contributed by atoms with van der Waals surface area (Å²) in [4.78, 5) is 14.9. The number of amides is 1. The van der Waals surface area contributed by atoms with Gasteiger partial charge in [0.15, 0.2) is 0 Å². The Morgan fingerprint density at radius 3 is 2.84 bits per heavy atom. The smallest absolute Gasteiger partial charge is 0.269 e. The van der Waals surface area contributed by atoms with Gasteiger partial charge in [0.2, 0.25) is 0 Å². The minimum absolute atomic E-state index is 0.226. The maximum absolute atomic E-state index is 12.7. The Morgan fingerprint density at radius 1 is 1.32 bits per heavy atom. The first-order valence-electron chi connectivity index (χ1n) is 8.46. The lowest BCUT2D eigenvalue weighted by Crippen LogP contribution is -2.41. The molecule has 1 aliphatic heterocycles. The number of nitriles is 1. The summed E-state index contributed by atoms with van der Waals surface area (Å²) in [6.45, 7) is 6.58. The zero-order valence-corrected chi connectivity index (χ0v) is 14.4. The van der Waals surface area contributed by atoms with Crippen molar-refractivity contribution in [3.05, 3.63) is 53.3 Å². The Labute approximate surface area is 147 Å². The summed E-state index contributed by atoms with van der Waals surface area (Å²) in [5, 5.41) is 12.3. The largest absolute Gasteiger partial charge is 0.379 e. The van der Waals surface area contributed by atoms with E-state index in [1.54, 1.807) is 16.8 Å². The SMILES string of the molecule is Cc1cccc(-n2ccc(C#N)c2C(=O)NCCN2CCOCC2)c1. The molecule has 1 aromatic carbocycles. The molecule has 0 aliphatic carbocycles. The number of rotatable bonds is 5. The molecule has 0 unspecified atom stereocenters. The quantitative estimate of drug-likeness (QED) is 0.901. The van der Waals surface area contributed by atoms with Crippen molar-refractivity contribution in [1.29, 1.82) is 5.26 Å². The van der Waals surface area contributed by atoms with Gasteiger partial charge in [-0.1, -0.05) is 12.1 Å². The second-order valence-corrected chi connectivity index (χ2v) is 6.11. The van der Waals surface area contributed by atoms with Gasteiger partial charge in [-0.15, -0.1) is 0 Å². The van der Waals surface area contributed by atoms with E-state index >= 15 is 0 Å². The highest BCUT2D eigenvalue weighted by Crippen LogP contribution is 2.18. The Kier molecular flexibility index (Phi) is 5.49. The van der Waals surface area contributed by atoms with Crippen molar-refractivity contribution in [2.75, 3.05) is 39.4 Å². The lowest BCUT2D eigenvalue weighted by molar-refractivity contribution is 0.0383. The van der Waals surface area contributed by atoms with Crippen LogP contribution in [0.4, 0.5) is 0 Å². The third-order valence-corrected chi connectivity index (χ3v) is 4.32. The molecule has 130 valence electrons. The van der Waals surface area contributed by atoms with E-state index < -0.39 is 0 Å². The summed E-state index contributed by atoms with van der Waals surface area (Å²) in [6, 6.07) is 11.7. The maximum Gasteiger partial charge on any atom is 0.269 e. The second kappa shape index (κ2) is 7.97. The van der Waals surface area contributed by atoms with Gasteiger partial charge in [0.25, 0.3) is 5.91 Å². The van der Waals surface area contributed by atoms with Crippen LogP contribution in [-0.2, 0) is 4.74 Å². The monoisotopic (exact) mass is 338 g/mol. The van der Waals surface area contributed by atoms with E-state index in [1.807, 2.05) is 31.2 Å². The van der Waals surface area contributed by atoms with Gasteiger partial charge in [-0.05, 0) is 30.7 Å². The molecule has 1 aromatic heterocycles. The Bertz CT molecular complexity index is 785. The zero-order valence-electron chi connectivity index (χ0n) is 14.4. The molecule has 2 heterocycles. The molecular weight excluding hydrogens is 316 g/mol. The number of hydrogen-bond acceptors (Lipinski definition) is 4. The topological polar surface area (TPSA) is 70.3 Å². The van der Waals surface area contributed by atoms with Crippen LogP contribution in [0.3, 0.4) is 0 Å². The minimum atomic E-state index is -0.226. The highest BCUT2D eigenvalue weighted by atomic mass is 16.5. The molecule has 0 spiro atoms. The van der Waals surface area contributed by atoms with Crippen LogP contribution in [0.5, 0.6) is 0 Å². The lowest BCUT2D eigenvalue weighted by atomic mass is 10.2. The average molecular weight is 338 g/mol. The summed E-state index contributed by atoms with van der Waals surface area (Å²) in [6.07, 6.45) is 1.77. The van der Waals surface area contributed by atoms with Gasteiger partial charge in [0.1, 0.15) is 11.8 Å². The predicted molar refractivity (Wildman–Crippen MR) is 94.8 cm³/mol. The summed E-state index contributed by atoms with van der Waals surface area (Å²) in [5.41, 5.74) is 2.74. The lowest BCUT2D eigenvalue weighted by Gasteiger charge is -2.26. The fourth-order valence-corrected chi connectivity index (χ4v) is 2.98. The van der Waals surface area contributed by atoms with E-state index in [1.165, 1.54) is 0 Å². The summed E-state index contributed by atoms with van der Waals surface area (Å²) in [7, 11) is 0. The average Bonchev–Trinajstić information content (AvgIpc) is 3.07. The molecule has 6 nitrogen and oxygen atoms in total. The Hall–Kier alpha value is -2.62. The van der Waals surface area contributed by atoms with Crippen LogP contribution in [0.15, 0.2) is 36.5 Å². The molecule has 3 rings (SSSR count). The molecular formula is C19H22N4O2. The van der Waals surface area contributed by atoms with Crippen LogP contribution in [0, 0.1) is 18.3 Å². The van der Waals surface area contributed by atoms with Gasteiger partial charge in [-0.2, -0.15) is 5.26 Å². The van der Waals surface area contributed by atoms with Crippen LogP contribution in [0.1, 0.15) is 21.6 Å². The van der Waals surface area contributed by atoms with Crippen LogP contribution < -0.4 is 5.32 Å².